The van der Waals surface area contributed by atoms with E-state index >= 15 is 0 Å². The van der Waals surface area contributed by atoms with Crippen LogP contribution in [0.15, 0.2) is 28.7 Å². The van der Waals surface area contributed by atoms with E-state index in [2.05, 4.69) is 4.98 Å². The van der Waals surface area contributed by atoms with Gasteiger partial charge in [-0.1, -0.05) is 0 Å². The van der Waals surface area contributed by atoms with Gasteiger partial charge in [0.2, 0.25) is 5.78 Å². The summed E-state index contributed by atoms with van der Waals surface area (Å²) in [5.41, 5.74) is 1.81. The highest BCUT2D eigenvalue weighted by Gasteiger charge is 2.25. The number of carbonyl (C=O) groups is 2. The minimum atomic E-state index is -0.516. The van der Waals surface area contributed by atoms with Gasteiger partial charge in [-0.25, -0.2) is 4.79 Å². The molecule has 0 fully saturated rings. The zero-order chi connectivity index (χ0) is 19.0. The molecule has 0 aliphatic heterocycles. The number of aryl methyl sites for hydroxylation is 1. The van der Waals surface area contributed by atoms with Crippen molar-refractivity contribution in [3.63, 3.8) is 0 Å². The van der Waals surface area contributed by atoms with E-state index in [4.69, 9.17) is 9.15 Å². The van der Waals surface area contributed by atoms with Crippen molar-refractivity contribution < 1.29 is 23.7 Å². The van der Waals surface area contributed by atoms with Crippen molar-refractivity contribution in [2.24, 2.45) is 0 Å². The largest absolute Gasteiger partial charge is 0.462 e. The standard InChI is InChI=1S/C18H16N2O6/c1-4-25-18(22)15-9(2)16(19-10(15)3)17(21)14-8-11-7-12(20(23)24)5-6-13(11)26-14/h5-8,19H,4H2,1-3H3. The Morgan fingerprint density at radius 2 is 2.00 bits per heavy atom. The molecule has 0 saturated carbocycles. The first-order valence-corrected chi connectivity index (χ1v) is 7.92. The Balaban J connectivity index is 2.02. The predicted molar refractivity (Wildman–Crippen MR) is 92.5 cm³/mol. The van der Waals surface area contributed by atoms with Gasteiger partial charge in [0.1, 0.15) is 5.58 Å². The number of nitrogens with zero attached hydrogens (tertiary/aromatic N) is 1. The third kappa shape index (κ3) is 2.85. The number of nitro groups is 1. The Morgan fingerprint density at radius 3 is 2.65 bits per heavy atom. The maximum absolute atomic E-state index is 12.8. The molecule has 3 aromatic rings. The highest BCUT2D eigenvalue weighted by Crippen LogP contribution is 2.27. The third-order valence-electron chi connectivity index (χ3n) is 4.08. The number of nitrogens with one attached hydrogen (secondary N) is 1. The molecule has 0 unspecified atom stereocenters. The van der Waals surface area contributed by atoms with Crippen LogP contribution in [0.5, 0.6) is 0 Å². The van der Waals surface area contributed by atoms with Crippen molar-refractivity contribution in [2.45, 2.75) is 20.8 Å². The van der Waals surface area contributed by atoms with Crippen molar-refractivity contribution in [1.82, 2.24) is 4.98 Å². The van der Waals surface area contributed by atoms with Crippen molar-refractivity contribution in [3.05, 3.63) is 62.7 Å². The van der Waals surface area contributed by atoms with Gasteiger partial charge in [0.15, 0.2) is 5.76 Å². The Morgan fingerprint density at radius 1 is 1.27 bits per heavy atom. The number of carbonyl (C=O) groups excluding carboxylic acids is 2. The van der Waals surface area contributed by atoms with Gasteiger partial charge in [0.05, 0.1) is 22.8 Å². The number of ketones is 1. The SMILES string of the molecule is CCOC(=O)c1c(C)[nH]c(C(=O)c2cc3cc([N+](=O)[O-])ccc3o2)c1C. The molecule has 3 rings (SSSR count). The smallest absolute Gasteiger partial charge is 0.340 e. The number of fused-ring (bicyclic) bond motifs is 1. The number of aromatic nitrogens is 1. The lowest BCUT2D eigenvalue weighted by atomic mass is 10.1. The number of ether oxygens (including phenoxy) is 1. The Kier molecular flexibility index (Phi) is 4.33. The molecule has 0 spiro atoms. The number of rotatable bonds is 5. The summed E-state index contributed by atoms with van der Waals surface area (Å²) in [5.74, 6) is -0.918. The summed E-state index contributed by atoms with van der Waals surface area (Å²) in [7, 11) is 0. The summed E-state index contributed by atoms with van der Waals surface area (Å²) in [6, 6.07) is 5.54. The minimum absolute atomic E-state index is 0.0280. The van der Waals surface area contributed by atoms with Crippen LogP contribution in [0.4, 0.5) is 5.69 Å². The predicted octanol–water partition coefficient (Wildman–Crippen LogP) is 3.69. The minimum Gasteiger partial charge on any atom is -0.462 e. The summed E-state index contributed by atoms with van der Waals surface area (Å²) >= 11 is 0. The summed E-state index contributed by atoms with van der Waals surface area (Å²) in [6.07, 6.45) is 0. The molecule has 2 aromatic heterocycles. The fourth-order valence-electron chi connectivity index (χ4n) is 2.87. The quantitative estimate of drug-likeness (QED) is 0.322. The summed E-state index contributed by atoms with van der Waals surface area (Å²) in [6.45, 7) is 5.26. The van der Waals surface area contributed by atoms with Crippen LogP contribution in [-0.2, 0) is 4.74 Å². The van der Waals surface area contributed by atoms with Gasteiger partial charge in [-0.2, -0.15) is 0 Å². The maximum Gasteiger partial charge on any atom is 0.340 e. The van der Waals surface area contributed by atoms with Gasteiger partial charge in [0.25, 0.3) is 5.69 Å². The zero-order valence-corrected chi connectivity index (χ0v) is 14.4. The third-order valence-corrected chi connectivity index (χ3v) is 4.08. The molecule has 8 nitrogen and oxygen atoms in total. The van der Waals surface area contributed by atoms with Gasteiger partial charge < -0.3 is 14.1 Å². The molecule has 8 heteroatoms. The molecule has 2 heterocycles. The van der Waals surface area contributed by atoms with Crippen LogP contribution in [0.1, 0.15) is 44.8 Å². The maximum atomic E-state index is 12.8. The van der Waals surface area contributed by atoms with E-state index in [-0.39, 0.29) is 23.7 Å². The lowest BCUT2D eigenvalue weighted by Gasteiger charge is -2.02. The molecule has 0 radical (unpaired) electrons. The topological polar surface area (TPSA) is 115 Å². The number of benzene rings is 1. The summed E-state index contributed by atoms with van der Waals surface area (Å²) < 4.78 is 10.5. The fourth-order valence-corrected chi connectivity index (χ4v) is 2.87. The number of esters is 1. The number of furan rings is 1. The Hall–Kier alpha value is -3.42. The first kappa shape index (κ1) is 17.4. The highest BCUT2D eigenvalue weighted by atomic mass is 16.6. The van der Waals surface area contributed by atoms with E-state index in [1.807, 2.05) is 0 Å². The molecule has 0 saturated heterocycles. The van der Waals surface area contributed by atoms with Gasteiger partial charge in [0, 0.05) is 23.2 Å². The lowest BCUT2D eigenvalue weighted by Crippen LogP contribution is -2.07. The number of non-ortho nitro benzene ring substituents is 1. The first-order chi connectivity index (χ1) is 12.3. The monoisotopic (exact) mass is 356 g/mol. The van der Waals surface area contributed by atoms with Crippen LogP contribution in [-0.4, -0.2) is 28.3 Å². The van der Waals surface area contributed by atoms with Gasteiger partial charge in [-0.15, -0.1) is 0 Å². The zero-order valence-electron chi connectivity index (χ0n) is 14.4. The van der Waals surface area contributed by atoms with Crippen molar-refractivity contribution in [3.8, 4) is 0 Å². The van der Waals surface area contributed by atoms with Gasteiger partial charge in [-0.05, 0) is 38.5 Å². The van der Waals surface area contributed by atoms with Gasteiger partial charge >= 0.3 is 5.97 Å². The van der Waals surface area contributed by atoms with Crippen LogP contribution in [0, 0.1) is 24.0 Å². The van der Waals surface area contributed by atoms with E-state index in [1.165, 1.54) is 24.3 Å². The van der Waals surface area contributed by atoms with E-state index in [1.54, 1.807) is 20.8 Å². The van der Waals surface area contributed by atoms with Crippen molar-refractivity contribution in [1.29, 1.82) is 0 Å². The number of nitro benzene ring substituents is 1. The van der Waals surface area contributed by atoms with Crippen molar-refractivity contribution >= 4 is 28.4 Å². The molecule has 134 valence electrons. The molecule has 0 amide bonds. The molecular weight excluding hydrogens is 340 g/mol. The van der Waals surface area contributed by atoms with E-state index in [9.17, 15) is 19.7 Å². The van der Waals surface area contributed by atoms with Crippen LogP contribution in [0.3, 0.4) is 0 Å². The Labute approximate surface area is 147 Å². The van der Waals surface area contributed by atoms with Crippen LogP contribution >= 0.6 is 0 Å². The van der Waals surface area contributed by atoms with Crippen LogP contribution in [0.25, 0.3) is 11.0 Å². The number of aromatic amines is 1. The second-order valence-corrected chi connectivity index (χ2v) is 5.76. The van der Waals surface area contributed by atoms with Crippen LogP contribution < -0.4 is 0 Å². The Bertz CT molecular complexity index is 1040. The normalized spacial score (nSPS) is 10.9. The average Bonchev–Trinajstić information content (AvgIpc) is 3.14. The molecule has 1 aromatic carbocycles. The highest BCUT2D eigenvalue weighted by molar-refractivity contribution is 6.10. The van der Waals surface area contributed by atoms with E-state index in [0.717, 1.165) is 0 Å². The summed E-state index contributed by atoms with van der Waals surface area (Å²) in [4.78, 5) is 38.1. The molecule has 0 atom stereocenters. The van der Waals surface area contributed by atoms with E-state index in [0.29, 0.717) is 27.8 Å². The second-order valence-electron chi connectivity index (χ2n) is 5.76. The fraction of sp³-hybridized carbons (Fsp3) is 0.222. The molecule has 1 N–H and O–H groups in total. The molecule has 0 aliphatic rings. The molecule has 0 aliphatic carbocycles. The molecular formula is C18H16N2O6. The van der Waals surface area contributed by atoms with Crippen molar-refractivity contribution in [2.75, 3.05) is 6.61 Å². The number of hydrogen-bond acceptors (Lipinski definition) is 6. The summed E-state index contributed by atoms with van der Waals surface area (Å²) in [5, 5.41) is 11.3. The van der Waals surface area contributed by atoms with Crippen LogP contribution in [0.2, 0.25) is 0 Å². The molecule has 0 bridgehead atoms. The number of H-pyrrole nitrogens is 1. The first-order valence-electron chi connectivity index (χ1n) is 7.92. The second kappa shape index (κ2) is 6.47. The number of hydrogen-bond donors (Lipinski definition) is 1. The average molecular weight is 356 g/mol. The van der Waals surface area contributed by atoms with E-state index < -0.39 is 16.7 Å². The molecule has 26 heavy (non-hydrogen) atoms. The lowest BCUT2D eigenvalue weighted by molar-refractivity contribution is -0.384. The van der Waals surface area contributed by atoms with Gasteiger partial charge in [-0.3, -0.25) is 14.9 Å².